The molecule has 1 aromatic carbocycles. The van der Waals surface area contributed by atoms with Crippen molar-refractivity contribution in [1.29, 1.82) is 0 Å². The second kappa shape index (κ2) is 9.13. The lowest BCUT2D eigenvalue weighted by molar-refractivity contribution is -0.113. The van der Waals surface area contributed by atoms with Gasteiger partial charge in [0.2, 0.25) is 5.91 Å². The summed E-state index contributed by atoms with van der Waals surface area (Å²) in [6, 6.07) is 9.43. The van der Waals surface area contributed by atoms with Crippen LogP contribution in [-0.2, 0) is 11.8 Å². The molecule has 0 fully saturated rings. The monoisotopic (exact) mass is 467 g/mol. The second-order valence-corrected chi connectivity index (χ2v) is 8.62. The molecule has 0 saturated heterocycles. The summed E-state index contributed by atoms with van der Waals surface area (Å²) >= 11 is 7.70. The van der Waals surface area contributed by atoms with Crippen molar-refractivity contribution < 1.29 is 4.79 Å². The van der Waals surface area contributed by atoms with Gasteiger partial charge in [0.15, 0.2) is 11.0 Å². The second-order valence-electron chi connectivity index (χ2n) is 7.27. The van der Waals surface area contributed by atoms with Crippen molar-refractivity contribution in [2.75, 3.05) is 11.1 Å². The van der Waals surface area contributed by atoms with E-state index in [0.29, 0.717) is 16.0 Å². The molecule has 3 aromatic heterocycles. The molecule has 164 valence electrons. The molecule has 0 bridgehead atoms. The van der Waals surface area contributed by atoms with E-state index in [1.54, 1.807) is 17.1 Å². The number of thioether (sulfide) groups is 1. The van der Waals surface area contributed by atoms with Crippen LogP contribution in [0.5, 0.6) is 0 Å². The van der Waals surface area contributed by atoms with Crippen molar-refractivity contribution in [3.8, 4) is 17.1 Å². The van der Waals surface area contributed by atoms with E-state index in [0.717, 1.165) is 33.9 Å². The number of carbonyl (C=O) groups is 1. The lowest BCUT2D eigenvalue weighted by Gasteiger charge is -2.14. The van der Waals surface area contributed by atoms with Crippen LogP contribution < -0.4 is 5.32 Å². The highest BCUT2D eigenvalue weighted by atomic mass is 35.5. The minimum absolute atomic E-state index is 0.142. The number of hydrogen-bond acceptors (Lipinski definition) is 6. The summed E-state index contributed by atoms with van der Waals surface area (Å²) in [4.78, 5) is 16.8. The van der Waals surface area contributed by atoms with Gasteiger partial charge in [-0.15, -0.1) is 10.2 Å². The maximum Gasteiger partial charge on any atom is 0.234 e. The lowest BCUT2D eigenvalue weighted by atomic mass is 10.2. The molecule has 3 heterocycles. The molecule has 1 N–H and O–H groups in total. The lowest BCUT2D eigenvalue weighted by Crippen LogP contribution is -2.16. The van der Waals surface area contributed by atoms with Crippen LogP contribution in [0.25, 0.3) is 17.1 Å². The third-order valence-electron chi connectivity index (χ3n) is 5.16. The average Bonchev–Trinajstić information content (AvgIpc) is 3.31. The summed E-state index contributed by atoms with van der Waals surface area (Å²) in [7, 11) is 1.85. The van der Waals surface area contributed by atoms with Crippen molar-refractivity contribution in [2.24, 2.45) is 7.05 Å². The van der Waals surface area contributed by atoms with Gasteiger partial charge < -0.3 is 5.32 Å². The number of hydrogen-bond donors (Lipinski definition) is 1. The van der Waals surface area contributed by atoms with E-state index in [9.17, 15) is 4.79 Å². The first-order chi connectivity index (χ1) is 15.4. The third kappa shape index (κ3) is 4.26. The highest BCUT2D eigenvalue weighted by Crippen LogP contribution is 2.31. The fourth-order valence-corrected chi connectivity index (χ4v) is 4.28. The topological polar surface area (TPSA) is 90.5 Å². The average molecular weight is 468 g/mol. The number of aromatic nitrogens is 6. The number of nitrogens with one attached hydrogen (secondary N) is 1. The first-order valence-corrected chi connectivity index (χ1v) is 11.3. The molecular formula is C22H22ClN7OS. The fraction of sp³-hybridized carbons (Fsp3) is 0.227. The van der Waals surface area contributed by atoms with Crippen molar-refractivity contribution in [3.63, 3.8) is 0 Å². The van der Waals surface area contributed by atoms with Crippen LogP contribution in [0, 0.1) is 20.8 Å². The summed E-state index contributed by atoms with van der Waals surface area (Å²) in [5, 5.41) is 17.3. The van der Waals surface area contributed by atoms with E-state index in [2.05, 4.69) is 25.6 Å². The van der Waals surface area contributed by atoms with Crippen LogP contribution in [0.2, 0.25) is 5.02 Å². The summed E-state index contributed by atoms with van der Waals surface area (Å²) in [5.41, 5.74) is 5.04. The normalized spacial score (nSPS) is 11.0. The van der Waals surface area contributed by atoms with E-state index in [1.807, 2.05) is 62.7 Å². The number of benzene rings is 1. The molecule has 4 rings (SSSR count). The number of nitrogens with zero attached hydrogens (tertiary/aromatic N) is 6. The van der Waals surface area contributed by atoms with Gasteiger partial charge in [-0.3, -0.25) is 19.0 Å². The van der Waals surface area contributed by atoms with Gasteiger partial charge in [0, 0.05) is 30.0 Å². The molecule has 8 nitrogen and oxygen atoms in total. The Morgan fingerprint density at radius 2 is 1.88 bits per heavy atom. The zero-order chi connectivity index (χ0) is 22.8. The van der Waals surface area contributed by atoms with Crippen molar-refractivity contribution in [2.45, 2.75) is 25.9 Å². The predicted octanol–water partition coefficient (Wildman–Crippen LogP) is 4.37. The molecule has 0 aliphatic heterocycles. The number of aryl methyl sites for hydroxylation is 2. The molecule has 0 unspecified atom stereocenters. The molecule has 0 aliphatic rings. The molecule has 4 aromatic rings. The molecule has 1 amide bonds. The number of pyridine rings is 1. The van der Waals surface area contributed by atoms with Gasteiger partial charge >= 0.3 is 0 Å². The number of carbonyl (C=O) groups excluding carboxylic acids is 1. The van der Waals surface area contributed by atoms with Crippen LogP contribution in [0.3, 0.4) is 0 Å². The Bertz CT molecular complexity index is 1280. The Kier molecular flexibility index (Phi) is 6.29. The van der Waals surface area contributed by atoms with Gasteiger partial charge in [0.1, 0.15) is 0 Å². The number of amides is 1. The quantitative estimate of drug-likeness (QED) is 0.423. The summed E-state index contributed by atoms with van der Waals surface area (Å²) in [6.45, 7) is 5.74. The summed E-state index contributed by atoms with van der Waals surface area (Å²) in [6.07, 6.45) is 3.41. The molecule has 10 heteroatoms. The van der Waals surface area contributed by atoms with E-state index >= 15 is 0 Å². The zero-order valence-corrected chi connectivity index (χ0v) is 19.7. The van der Waals surface area contributed by atoms with Crippen LogP contribution in [0.1, 0.15) is 17.0 Å². The van der Waals surface area contributed by atoms with Crippen LogP contribution >= 0.6 is 23.4 Å². The predicted molar refractivity (Wildman–Crippen MR) is 126 cm³/mol. The van der Waals surface area contributed by atoms with Gasteiger partial charge in [-0.25, -0.2) is 0 Å². The van der Waals surface area contributed by atoms with Crippen LogP contribution in [-0.4, -0.2) is 41.2 Å². The van der Waals surface area contributed by atoms with Crippen LogP contribution in [0.15, 0.2) is 47.9 Å². The van der Waals surface area contributed by atoms with Crippen LogP contribution in [0.4, 0.5) is 5.69 Å². The minimum Gasteiger partial charge on any atom is -0.322 e. The smallest absolute Gasteiger partial charge is 0.234 e. The van der Waals surface area contributed by atoms with Gasteiger partial charge in [-0.05, 0) is 50.6 Å². The summed E-state index contributed by atoms with van der Waals surface area (Å²) < 4.78 is 3.67. The van der Waals surface area contributed by atoms with Crippen molar-refractivity contribution in [3.05, 3.63) is 64.7 Å². The Morgan fingerprint density at radius 1 is 1.12 bits per heavy atom. The molecule has 0 radical (unpaired) electrons. The minimum atomic E-state index is -0.142. The Balaban J connectivity index is 1.65. The SMILES string of the molecule is Cc1nn(C)c(C)c1NC(=O)CSc1nnc(-c2ccncc2)n1-c1cccc(Cl)c1C. The van der Waals surface area contributed by atoms with E-state index in [1.165, 1.54) is 11.8 Å². The maximum absolute atomic E-state index is 12.7. The van der Waals surface area contributed by atoms with Gasteiger partial charge in [0.25, 0.3) is 0 Å². The van der Waals surface area contributed by atoms with Crippen molar-refractivity contribution >= 4 is 35.0 Å². The Morgan fingerprint density at radius 3 is 2.56 bits per heavy atom. The summed E-state index contributed by atoms with van der Waals surface area (Å²) in [5.74, 6) is 0.679. The van der Waals surface area contributed by atoms with Gasteiger partial charge in [-0.1, -0.05) is 29.4 Å². The van der Waals surface area contributed by atoms with Gasteiger partial charge in [-0.2, -0.15) is 5.10 Å². The number of halogens is 1. The van der Waals surface area contributed by atoms with E-state index in [-0.39, 0.29) is 11.7 Å². The largest absolute Gasteiger partial charge is 0.322 e. The standard InChI is InChI=1S/C22H22ClN7OS/c1-13-17(23)6-5-7-18(13)30-21(16-8-10-24-11-9-16)26-27-22(30)32-12-19(31)25-20-14(2)28-29(4)15(20)3/h5-11H,12H2,1-4H3,(H,25,31). The molecule has 0 saturated carbocycles. The number of anilines is 1. The van der Waals surface area contributed by atoms with Gasteiger partial charge in [0.05, 0.1) is 28.5 Å². The number of rotatable bonds is 6. The van der Waals surface area contributed by atoms with Crippen molar-refractivity contribution in [1.82, 2.24) is 29.5 Å². The first-order valence-electron chi connectivity index (χ1n) is 9.91. The maximum atomic E-state index is 12.7. The third-order valence-corrected chi connectivity index (χ3v) is 6.50. The Labute approximate surface area is 195 Å². The highest BCUT2D eigenvalue weighted by Gasteiger charge is 2.20. The fourth-order valence-electron chi connectivity index (χ4n) is 3.37. The molecular weight excluding hydrogens is 446 g/mol. The zero-order valence-electron chi connectivity index (χ0n) is 18.1. The Hall–Kier alpha value is -3.17. The molecule has 0 aliphatic carbocycles. The molecule has 0 spiro atoms. The van der Waals surface area contributed by atoms with E-state index in [4.69, 9.17) is 11.6 Å². The highest BCUT2D eigenvalue weighted by molar-refractivity contribution is 7.99. The molecule has 32 heavy (non-hydrogen) atoms. The molecule has 0 atom stereocenters. The first kappa shape index (κ1) is 22.0. The van der Waals surface area contributed by atoms with E-state index < -0.39 is 0 Å².